The van der Waals surface area contributed by atoms with E-state index in [0.29, 0.717) is 0 Å². The van der Waals surface area contributed by atoms with Crippen molar-refractivity contribution in [1.82, 2.24) is 0 Å². The van der Waals surface area contributed by atoms with Crippen molar-refractivity contribution < 1.29 is 24.2 Å². The van der Waals surface area contributed by atoms with Crippen molar-refractivity contribution in [3.05, 3.63) is 0 Å². The Morgan fingerprint density at radius 1 is 1.44 bits per heavy atom. The van der Waals surface area contributed by atoms with E-state index < -0.39 is 18.7 Å². The largest absolute Gasteiger partial charge is 0.461 e. The van der Waals surface area contributed by atoms with Crippen LogP contribution in [0.15, 0.2) is 0 Å². The number of aliphatic hydroxyl groups is 1. The van der Waals surface area contributed by atoms with Crippen molar-refractivity contribution in [2.45, 2.75) is 0 Å². The molecule has 0 aromatic rings. The van der Waals surface area contributed by atoms with Gasteiger partial charge in [-0.05, 0) is 0 Å². The zero-order chi connectivity index (χ0) is 7.28. The van der Waals surface area contributed by atoms with Crippen LogP contribution in [0.1, 0.15) is 0 Å². The average Bonchev–Trinajstić information content (AvgIpc) is 1.87. The summed E-state index contributed by atoms with van der Waals surface area (Å²) in [6.45, 7) is -0.812. The van der Waals surface area contributed by atoms with Gasteiger partial charge >= 0.3 is 11.9 Å². The Morgan fingerprint density at radius 3 is 2.33 bits per heavy atom. The van der Waals surface area contributed by atoms with Gasteiger partial charge in [0.05, 0.1) is 7.11 Å². The Hall–Kier alpha value is -1.10. The third-order valence-corrected chi connectivity index (χ3v) is 0.548. The van der Waals surface area contributed by atoms with Gasteiger partial charge in [0.1, 0.15) is 0 Å². The van der Waals surface area contributed by atoms with Crippen LogP contribution >= 0.6 is 0 Å². The maximum absolute atomic E-state index is 10.1. The maximum Gasteiger partial charge on any atom is 0.419 e. The van der Waals surface area contributed by atoms with Gasteiger partial charge in [0, 0.05) is 0 Å². The molecule has 9 heavy (non-hydrogen) atoms. The smallest absolute Gasteiger partial charge is 0.419 e. The third-order valence-electron chi connectivity index (χ3n) is 0.548. The van der Waals surface area contributed by atoms with Crippen molar-refractivity contribution in [2.24, 2.45) is 0 Å². The first-order valence-corrected chi connectivity index (χ1v) is 2.08. The lowest BCUT2D eigenvalue weighted by molar-refractivity contribution is -0.170. The van der Waals surface area contributed by atoms with Gasteiger partial charge in [-0.2, -0.15) is 0 Å². The van der Waals surface area contributed by atoms with E-state index >= 15 is 0 Å². The van der Waals surface area contributed by atoms with Gasteiger partial charge in [-0.1, -0.05) is 0 Å². The van der Waals surface area contributed by atoms with Gasteiger partial charge in [0.25, 0.3) is 0 Å². The zero-order valence-corrected chi connectivity index (χ0v) is 4.79. The lowest BCUT2D eigenvalue weighted by Gasteiger charge is -1.95. The number of ether oxygens (including phenoxy) is 2. The summed E-state index contributed by atoms with van der Waals surface area (Å²) in [6, 6.07) is 0. The molecule has 0 radical (unpaired) electrons. The number of methoxy groups -OCH3 is 1. The minimum absolute atomic E-state index is 0.812. The molecule has 0 saturated carbocycles. The Bertz CT molecular complexity index is 118. The maximum atomic E-state index is 10.1. The van der Waals surface area contributed by atoms with Crippen molar-refractivity contribution >= 4 is 11.9 Å². The lowest BCUT2D eigenvalue weighted by Crippen LogP contribution is -2.18. The summed E-state index contributed by atoms with van der Waals surface area (Å²) in [7, 11) is 1.04. The van der Waals surface area contributed by atoms with Gasteiger partial charge in [0.2, 0.25) is 0 Å². The number of rotatable bonds is 1. The van der Waals surface area contributed by atoms with Crippen LogP contribution in [-0.4, -0.2) is 30.9 Å². The van der Waals surface area contributed by atoms with Crippen LogP contribution in [0.2, 0.25) is 0 Å². The molecule has 0 heterocycles. The van der Waals surface area contributed by atoms with Gasteiger partial charge in [-0.25, -0.2) is 9.59 Å². The van der Waals surface area contributed by atoms with Crippen LogP contribution < -0.4 is 0 Å². The molecule has 1 N–H and O–H groups in total. The molecule has 0 aromatic heterocycles. The third kappa shape index (κ3) is 2.65. The molecule has 0 rings (SSSR count). The second-order valence-electron chi connectivity index (χ2n) is 1.05. The molecule has 0 spiro atoms. The van der Waals surface area contributed by atoms with Crippen LogP contribution in [0, 0.1) is 0 Å². The normalized spacial score (nSPS) is 8.22. The van der Waals surface area contributed by atoms with Crippen molar-refractivity contribution in [1.29, 1.82) is 0 Å². The molecule has 0 aliphatic rings. The predicted octanol–water partition coefficient (Wildman–Crippen LogP) is -1.35. The number of aliphatic hydroxyl groups excluding tert-OH is 1. The van der Waals surface area contributed by atoms with Crippen LogP contribution in [0.5, 0.6) is 0 Å². The highest BCUT2D eigenvalue weighted by molar-refractivity contribution is 6.29. The first-order valence-electron chi connectivity index (χ1n) is 2.08. The number of hydrogen-bond donors (Lipinski definition) is 1. The summed E-state index contributed by atoms with van der Waals surface area (Å²) < 4.78 is 7.78. The first-order chi connectivity index (χ1) is 4.22. The first kappa shape index (κ1) is 7.90. The van der Waals surface area contributed by atoms with E-state index in [4.69, 9.17) is 5.11 Å². The molecule has 0 aromatic carbocycles. The fourth-order valence-corrected chi connectivity index (χ4v) is 0.201. The fraction of sp³-hybridized carbons (Fsp3) is 0.500. The van der Waals surface area contributed by atoms with E-state index in [0.717, 1.165) is 7.11 Å². The van der Waals surface area contributed by atoms with E-state index in [9.17, 15) is 9.59 Å². The van der Waals surface area contributed by atoms with E-state index in [1.165, 1.54) is 0 Å². The number of hydrogen-bond acceptors (Lipinski definition) is 5. The highest BCUT2D eigenvalue weighted by atomic mass is 16.6. The summed E-state index contributed by atoms with van der Waals surface area (Å²) in [5, 5.41) is 7.93. The Morgan fingerprint density at radius 2 is 2.00 bits per heavy atom. The van der Waals surface area contributed by atoms with E-state index in [2.05, 4.69) is 9.47 Å². The zero-order valence-electron chi connectivity index (χ0n) is 4.79. The number of esters is 2. The molecule has 0 unspecified atom stereocenters. The van der Waals surface area contributed by atoms with Gasteiger partial charge in [-0.3, -0.25) is 0 Å². The molecule has 0 saturated heterocycles. The second-order valence-corrected chi connectivity index (χ2v) is 1.05. The summed E-state index contributed by atoms with van der Waals surface area (Å²) in [6.07, 6.45) is 0. The summed E-state index contributed by atoms with van der Waals surface area (Å²) in [5.74, 6) is -2.32. The molecule has 0 aliphatic heterocycles. The molecular weight excluding hydrogens is 128 g/mol. The summed E-state index contributed by atoms with van der Waals surface area (Å²) in [5.41, 5.74) is 0. The Labute approximate surface area is 51.2 Å². The molecular formula is C4H6O5. The molecule has 0 bridgehead atoms. The van der Waals surface area contributed by atoms with Crippen molar-refractivity contribution in [3.8, 4) is 0 Å². The van der Waals surface area contributed by atoms with Gasteiger partial charge < -0.3 is 14.6 Å². The molecule has 0 aliphatic carbocycles. The van der Waals surface area contributed by atoms with Crippen molar-refractivity contribution in [2.75, 3.05) is 13.9 Å². The summed E-state index contributed by atoms with van der Waals surface area (Å²) >= 11 is 0. The van der Waals surface area contributed by atoms with Gasteiger partial charge in [0.15, 0.2) is 6.79 Å². The van der Waals surface area contributed by atoms with Crippen molar-refractivity contribution in [3.63, 3.8) is 0 Å². The van der Waals surface area contributed by atoms with Crippen LogP contribution in [-0.2, 0) is 19.1 Å². The van der Waals surface area contributed by atoms with Gasteiger partial charge in [-0.15, -0.1) is 0 Å². The predicted molar refractivity (Wildman–Crippen MR) is 25.2 cm³/mol. The number of carbonyl (C=O) groups excluding carboxylic acids is 2. The molecule has 0 fully saturated rings. The topological polar surface area (TPSA) is 72.8 Å². The standard InChI is InChI=1S/C4H6O5/c1-8-3(6)4(7)9-2-5/h5H,2H2,1H3. The monoisotopic (exact) mass is 134 g/mol. The van der Waals surface area contributed by atoms with Crippen LogP contribution in [0.4, 0.5) is 0 Å². The Kier molecular flexibility index (Phi) is 3.38. The minimum Gasteiger partial charge on any atom is -0.461 e. The number of carbonyl (C=O) groups is 2. The molecule has 5 heteroatoms. The quantitative estimate of drug-likeness (QED) is 0.273. The molecule has 0 atom stereocenters. The second kappa shape index (κ2) is 3.85. The van der Waals surface area contributed by atoms with E-state index in [-0.39, 0.29) is 0 Å². The fourth-order valence-electron chi connectivity index (χ4n) is 0.201. The average molecular weight is 134 g/mol. The molecule has 52 valence electrons. The summed E-state index contributed by atoms with van der Waals surface area (Å²) in [4.78, 5) is 20.2. The van der Waals surface area contributed by atoms with Crippen LogP contribution in [0.3, 0.4) is 0 Å². The SMILES string of the molecule is COC(=O)C(=O)OCO. The minimum atomic E-state index is -1.19. The van der Waals surface area contributed by atoms with E-state index in [1.54, 1.807) is 0 Å². The Balaban J connectivity index is 3.60. The highest BCUT2D eigenvalue weighted by Crippen LogP contribution is 1.78. The lowest BCUT2D eigenvalue weighted by atomic mass is 10.7. The molecule has 5 nitrogen and oxygen atoms in total. The van der Waals surface area contributed by atoms with E-state index in [1.807, 2.05) is 0 Å². The van der Waals surface area contributed by atoms with Crippen LogP contribution in [0.25, 0.3) is 0 Å². The molecule has 0 amide bonds. The highest BCUT2D eigenvalue weighted by Gasteiger charge is 2.13.